The van der Waals surface area contributed by atoms with Gasteiger partial charge in [-0.2, -0.15) is 0 Å². The highest BCUT2D eigenvalue weighted by Crippen LogP contribution is 2.33. The second-order valence-electron chi connectivity index (χ2n) is 7.64. The molecule has 7 nitrogen and oxygen atoms in total. The monoisotopic (exact) mass is 385 g/mol. The lowest BCUT2D eigenvalue weighted by Crippen LogP contribution is -2.50. The maximum Gasteiger partial charge on any atom is 0.243 e. The molecule has 1 unspecified atom stereocenters. The molecule has 7 heteroatoms. The van der Waals surface area contributed by atoms with Crippen molar-refractivity contribution in [2.75, 3.05) is 26.4 Å². The summed E-state index contributed by atoms with van der Waals surface area (Å²) in [5.41, 5.74) is 0.940. The van der Waals surface area contributed by atoms with Gasteiger partial charge in [0, 0.05) is 38.6 Å². The van der Waals surface area contributed by atoms with Gasteiger partial charge < -0.3 is 19.7 Å². The average molecular weight is 385 g/mol. The predicted molar refractivity (Wildman–Crippen MR) is 104 cm³/mol. The highest BCUT2D eigenvalue weighted by Gasteiger charge is 2.37. The third-order valence-corrected chi connectivity index (χ3v) is 5.74. The zero-order chi connectivity index (χ0) is 19.5. The van der Waals surface area contributed by atoms with Gasteiger partial charge in [-0.25, -0.2) is 0 Å². The molecule has 150 valence electrons. The molecule has 0 radical (unpaired) electrons. The van der Waals surface area contributed by atoms with Gasteiger partial charge in [-0.05, 0) is 37.0 Å². The zero-order valence-electron chi connectivity index (χ0n) is 16.1. The summed E-state index contributed by atoms with van der Waals surface area (Å²) < 4.78 is 10.8. The van der Waals surface area contributed by atoms with Crippen molar-refractivity contribution in [3.8, 4) is 11.5 Å². The minimum atomic E-state index is -0.399. The van der Waals surface area contributed by atoms with Crippen molar-refractivity contribution in [3.05, 3.63) is 36.4 Å². The predicted octanol–water partition coefficient (Wildman–Crippen LogP) is 1.67. The van der Waals surface area contributed by atoms with Crippen LogP contribution in [-0.2, 0) is 16.1 Å². The topological polar surface area (TPSA) is 71.1 Å². The Bertz CT molecular complexity index is 758. The number of carbonyl (C=O) groups excluding carboxylic acids is 2. The van der Waals surface area contributed by atoms with E-state index in [4.69, 9.17) is 9.47 Å². The van der Waals surface area contributed by atoms with Crippen LogP contribution in [0.25, 0.3) is 0 Å². The van der Waals surface area contributed by atoms with E-state index in [1.807, 2.05) is 24.3 Å². The Balaban J connectivity index is 1.36. The SMILES string of the molecule is C=CCN1CCC(NC(=O)C2CCC(=O)N2Cc2ccc3c(c2)OCO3)CC1. The van der Waals surface area contributed by atoms with Crippen molar-refractivity contribution in [2.45, 2.75) is 44.3 Å². The van der Waals surface area contributed by atoms with E-state index in [9.17, 15) is 9.59 Å². The van der Waals surface area contributed by atoms with Gasteiger partial charge in [-0.15, -0.1) is 6.58 Å². The fourth-order valence-corrected chi connectivity index (χ4v) is 4.18. The van der Waals surface area contributed by atoms with Crippen molar-refractivity contribution in [3.63, 3.8) is 0 Å². The van der Waals surface area contributed by atoms with E-state index in [0.29, 0.717) is 30.9 Å². The highest BCUT2D eigenvalue weighted by atomic mass is 16.7. The van der Waals surface area contributed by atoms with Crippen molar-refractivity contribution in [2.24, 2.45) is 0 Å². The van der Waals surface area contributed by atoms with Crippen LogP contribution < -0.4 is 14.8 Å². The first-order valence-electron chi connectivity index (χ1n) is 9.95. The molecule has 1 atom stereocenters. The van der Waals surface area contributed by atoms with Gasteiger partial charge in [0.1, 0.15) is 6.04 Å². The molecule has 3 aliphatic heterocycles. The summed E-state index contributed by atoms with van der Waals surface area (Å²) >= 11 is 0. The van der Waals surface area contributed by atoms with E-state index in [-0.39, 0.29) is 24.6 Å². The second-order valence-corrected chi connectivity index (χ2v) is 7.64. The van der Waals surface area contributed by atoms with Crippen LogP contribution in [0.4, 0.5) is 0 Å². The number of ether oxygens (including phenoxy) is 2. The Labute approximate surface area is 165 Å². The van der Waals surface area contributed by atoms with Crippen LogP contribution in [0.5, 0.6) is 11.5 Å². The van der Waals surface area contributed by atoms with Gasteiger partial charge in [0.15, 0.2) is 11.5 Å². The number of fused-ring (bicyclic) bond motifs is 1. The third-order valence-electron chi connectivity index (χ3n) is 5.74. The number of piperidine rings is 1. The number of amides is 2. The molecule has 0 bridgehead atoms. The molecular formula is C21H27N3O4. The van der Waals surface area contributed by atoms with E-state index in [2.05, 4.69) is 16.8 Å². The lowest BCUT2D eigenvalue weighted by Gasteiger charge is -2.33. The average Bonchev–Trinajstić information content (AvgIpc) is 3.30. The quantitative estimate of drug-likeness (QED) is 0.755. The molecule has 0 aromatic heterocycles. The van der Waals surface area contributed by atoms with Crippen LogP contribution in [0, 0.1) is 0 Å². The van der Waals surface area contributed by atoms with Crippen LogP contribution in [0.2, 0.25) is 0 Å². The minimum absolute atomic E-state index is 0.0265. The smallest absolute Gasteiger partial charge is 0.243 e. The van der Waals surface area contributed by atoms with Crippen molar-refractivity contribution >= 4 is 11.8 Å². The summed E-state index contributed by atoms with van der Waals surface area (Å²) in [7, 11) is 0. The van der Waals surface area contributed by atoms with Gasteiger partial charge in [0.2, 0.25) is 18.6 Å². The third kappa shape index (κ3) is 3.99. The van der Waals surface area contributed by atoms with E-state index in [1.54, 1.807) is 4.90 Å². The zero-order valence-corrected chi connectivity index (χ0v) is 16.1. The standard InChI is InChI=1S/C21H27N3O4/c1-2-9-23-10-7-16(8-11-23)22-21(26)17-4-6-20(25)24(17)13-15-3-5-18-19(12-15)28-14-27-18/h2-3,5,12,16-17H,1,4,6-11,13-14H2,(H,22,26). The molecule has 1 aromatic carbocycles. The lowest BCUT2D eigenvalue weighted by molar-refractivity contribution is -0.136. The summed E-state index contributed by atoms with van der Waals surface area (Å²) in [6, 6.07) is 5.44. The normalized spacial score (nSPS) is 22.5. The molecule has 0 saturated carbocycles. The number of likely N-dealkylation sites (tertiary alicyclic amines) is 2. The van der Waals surface area contributed by atoms with Crippen LogP contribution in [0.15, 0.2) is 30.9 Å². The van der Waals surface area contributed by atoms with E-state index < -0.39 is 6.04 Å². The molecule has 2 amide bonds. The molecule has 28 heavy (non-hydrogen) atoms. The summed E-state index contributed by atoms with van der Waals surface area (Å²) in [6.07, 6.45) is 4.77. The van der Waals surface area contributed by atoms with Crippen LogP contribution in [-0.4, -0.2) is 60.1 Å². The molecule has 0 aliphatic carbocycles. The molecule has 3 aliphatic rings. The molecule has 1 aromatic rings. The fourth-order valence-electron chi connectivity index (χ4n) is 4.18. The van der Waals surface area contributed by atoms with Gasteiger partial charge in [0.25, 0.3) is 0 Å². The number of carbonyl (C=O) groups is 2. The molecule has 2 saturated heterocycles. The fraction of sp³-hybridized carbons (Fsp3) is 0.524. The maximum atomic E-state index is 12.9. The summed E-state index contributed by atoms with van der Waals surface area (Å²) in [4.78, 5) is 29.3. The first kappa shape index (κ1) is 18.8. The maximum absolute atomic E-state index is 12.9. The van der Waals surface area contributed by atoms with E-state index >= 15 is 0 Å². The first-order chi connectivity index (χ1) is 13.6. The van der Waals surface area contributed by atoms with Crippen molar-refractivity contribution in [1.82, 2.24) is 15.1 Å². The Morgan fingerprint density at radius 3 is 2.79 bits per heavy atom. The number of hydrogen-bond donors (Lipinski definition) is 1. The van der Waals surface area contributed by atoms with Gasteiger partial charge in [-0.3, -0.25) is 14.5 Å². The van der Waals surface area contributed by atoms with E-state index in [0.717, 1.165) is 38.0 Å². The van der Waals surface area contributed by atoms with Crippen molar-refractivity contribution in [1.29, 1.82) is 0 Å². The summed E-state index contributed by atoms with van der Waals surface area (Å²) in [5.74, 6) is 1.40. The molecular weight excluding hydrogens is 358 g/mol. The Kier molecular flexibility index (Phi) is 5.52. The molecule has 2 fully saturated rings. The Hall–Kier alpha value is -2.54. The number of nitrogens with one attached hydrogen (secondary N) is 1. The van der Waals surface area contributed by atoms with Crippen LogP contribution in [0.1, 0.15) is 31.2 Å². The van der Waals surface area contributed by atoms with Crippen LogP contribution >= 0.6 is 0 Å². The Morgan fingerprint density at radius 1 is 1.21 bits per heavy atom. The second kappa shape index (κ2) is 8.22. The number of nitrogens with zero attached hydrogens (tertiary/aromatic N) is 2. The van der Waals surface area contributed by atoms with Gasteiger partial charge in [-0.1, -0.05) is 12.1 Å². The molecule has 0 spiro atoms. The largest absolute Gasteiger partial charge is 0.454 e. The van der Waals surface area contributed by atoms with Gasteiger partial charge in [0.05, 0.1) is 0 Å². The lowest BCUT2D eigenvalue weighted by atomic mass is 10.0. The molecule has 1 N–H and O–H groups in total. The van der Waals surface area contributed by atoms with Crippen LogP contribution in [0.3, 0.4) is 0 Å². The summed E-state index contributed by atoms with van der Waals surface area (Å²) in [5, 5.41) is 3.17. The molecule has 4 rings (SSSR count). The minimum Gasteiger partial charge on any atom is -0.454 e. The Morgan fingerprint density at radius 2 is 2.00 bits per heavy atom. The first-order valence-corrected chi connectivity index (χ1v) is 9.95. The van der Waals surface area contributed by atoms with Crippen molar-refractivity contribution < 1.29 is 19.1 Å². The highest BCUT2D eigenvalue weighted by molar-refractivity contribution is 5.91. The van der Waals surface area contributed by atoms with Gasteiger partial charge >= 0.3 is 0 Å². The number of hydrogen-bond acceptors (Lipinski definition) is 5. The molecule has 3 heterocycles. The number of benzene rings is 1. The number of rotatable bonds is 6. The van der Waals surface area contributed by atoms with E-state index in [1.165, 1.54) is 0 Å². The summed E-state index contributed by atoms with van der Waals surface area (Å²) in [6.45, 7) is 7.22.